The highest BCUT2D eigenvalue weighted by Crippen LogP contribution is 2.26. The fourth-order valence-corrected chi connectivity index (χ4v) is 1.84. The molecule has 0 aromatic heterocycles. The molecule has 1 aromatic carbocycles. The Morgan fingerprint density at radius 2 is 2.00 bits per heavy atom. The molecule has 0 atom stereocenters. The van der Waals surface area contributed by atoms with E-state index in [1.54, 1.807) is 0 Å². The van der Waals surface area contributed by atoms with Crippen molar-refractivity contribution in [3.63, 3.8) is 0 Å². The van der Waals surface area contributed by atoms with Crippen LogP contribution in [-0.2, 0) is 9.59 Å². The molecule has 0 radical (unpaired) electrons. The van der Waals surface area contributed by atoms with Crippen LogP contribution in [0.3, 0.4) is 0 Å². The lowest BCUT2D eigenvalue weighted by molar-refractivity contribution is -0.274. The van der Waals surface area contributed by atoms with Crippen LogP contribution in [0.25, 0.3) is 0 Å². The first-order valence-corrected chi connectivity index (χ1v) is 6.11. The third kappa shape index (κ3) is 3.76. The van der Waals surface area contributed by atoms with Gasteiger partial charge in [-0.25, -0.2) is 0 Å². The number of β-amino-alcohol motifs (C(OH)–C–C–N with tert-alkyl or cyclic N) is 1. The minimum Gasteiger partial charge on any atom is -0.406 e. The van der Waals surface area contributed by atoms with Crippen molar-refractivity contribution >= 4 is 17.5 Å². The van der Waals surface area contributed by atoms with Crippen molar-refractivity contribution < 1.29 is 32.6 Å². The molecule has 0 saturated carbocycles. The van der Waals surface area contributed by atoms with Gasteiger partial charge in [-0.05, 0) is 12.1 Å². The van der Waals surface area contributed by atoms with Crippen molar-refractivity contribution in [1.82, 2.24) is 4.90 Å². The monoisotopic (exact) mass is 316 g/mol. The predicted molar refractivity (Wildman–Crippen MR) is 68.6 cm³/mol. The molecular weight excluding hydrogens is 305 g/mol. The van der Waals surface area contributed by atoms with E-state index in [2.05, 4.69) is 10.1 Å². The second-order valence-electron chi connectivity index (χ2n) is 4.28. The molecule has 1 aromatic rings. The van der Waals surface area contributed by atoms with Crippen molar-refractivity contribution in [1.29, 1.82) is 0 Å². The summed E-state index contributed by atoms with van der Waals surface area (Å²) in [5.41, 5.74) is 0.0580. The Balaban J connectivity index is 2.12. The molecule has 1 aliphatic rings. The average Bonchev–Trinajstić information content (AvgIpc) is 2.65. The van der Waals surface area contributed by atoms with Gasteiger partial charge in [0.1, 0.15) is 11.4 Å². The Hall–Kier alpha value is -2.55. The maximum absolute atomic E-state index is 12.1. The maximum atomic E-state index is 12.1. The average molecular weight is 316 g/mol. The van der Waals surface area contributed by atoms with Gasteiger partial charge >= 0.3 is 6.36 Å². The highest BCUT2D eigenvalue weighted by atomic mass is 19.4. The third-order valence-electron chi connectivity index (χ3n) is 2.68. The molecule has 0 spiro atoms. The molecule has 6 nitrogen and oxygen atoms in total. The molecule has 0 saturated heterocycles. The van der Waals surface area contributed by atoms with Gasteiger partial charge in [0.05, 0.1) is 13.2 Å². The summed E-state index contributed by atoms with van der Waals surface area (Å²) in [6, 6.07) is 4.86. The lowest BCUT2D eigenvalue weighted by Gasteiger charge is -2.14. The largest absolute Gasteiger partial charge is 0.573 e. The number of hydrogen-bond donors (Lipinski definition) is 2. The van der Waals surface area contributed by atoms with E-state index >= 15 is 0 Å². The van der Waals surface area contributed by atoms with Crippen LogP contribution in [0.15, 0.2) is 36.0 Å². The van der Waals surface area contributed by atoms with Crippen molar-refractivity contribution in [2.45, 2.75) is 6.36 Å². The summed E-state index contributed by atoms with van der Waals surface area (Å²) in [6.45, 7) is -0.538. The summed E-state index contributed by atoms with van der Waals surface area (Å²) < 4.78 is 40.2. The highest BCUT2D eigenvalue weighted by Gasteiger charge is 2.32. The summed E-state index contributed by atoms with van der Waals surface area (Å²) in [5, 5.41) is 11.3. The van der Waals surface area contributed by atoms with Crippen LogP contribution < -0.4 is 10.1 Å². The third-order valence-corrected chi connectivity index (χ3v) is 2.68. The molecule has 0 bridgehead atoms. The Bertz CT molecular complexity index is 628. The van der Waals surface area contributed by atoms with Crippen molar-refractivity contribution in [2.75, 3.05) is 18.5 Å². The van der Waals surface area contributed by atoms with Crippen LogP contribution in [0.5, 0.6) is 5.75 Å². The van der Waals surface area contributed by atoms with E-state index in [4.69, 9.17) is 5.11 Å². The van der Waals surface area contributed by atoms with Gasteiger partial charge in [-0.2, -0.15) is 0 Å². The molecule has 1 aliphatic heterocycles. The number of ether oxygens (including phenoxy) is 1. The number of carbonyl (C=O) groups excluding carboxylic acids is 2. The number of rotatable bonds is 5. The number of benzene rings is 1. The summed E-state index contributed by atoms with van der Waals surface area (Å²) >= 11 is 0. The van der Waals surface area contributed by atoms with E-state index in [1.165, 1.54) is 12.1 Å². The van der Waals surface area contributed by atoms with Crippen LogP contribution in [0.1, 0.15) is 0 Å². The van der Waals surface area contributed by atoms with E-state index in [0.717, 1.165) is 23.1 Å². The lowest BCUT2D eigenvalue weighted by atomic mass is 10.3. The minimum atomic E-state index is -4.82. The number of nitrogens with one attached hydrogen (secondary N) is 1. The van der Waals surface area contributed by atoms with Crippen molar-refractivity contribution in [3.8, 4) is 5.75 Å². The Labute approximate surface area is 122 Å². The number of anilines is 1. The zero-order valence-corrected chi connectivity index (χ0v) is 11.1. The maximum Gasteiger partial charge on any atom is 0.573 e. The zero-order chi connectivity index (χ0) is 16.3. The SMILES string of the molecule is O=C1C=C(Nc2cccc(OC(F)(F)F)c2)C(=O)N1CCO. The van der Waals surface area contributed by atoms with Crippen LogP contribution in [-0.4, -0.2) is 41.3 Å². The smallest absolute Gasteiger partial charge is 0.406 e. The number of aliphatic hydroxyl groups is 1. The Morgan fingerprint density at radius 3 is 2.64 bits per heavy atom. The lowest BCUT2D eigenvalue weighted by Crippen LogP contribution is -2.34. The normalized spacial score (nSPS) is 15.1. The van der Waals surface area contributed by atoms with Gasteiger partial charge in [0.25, 0.3) is 11.8 Å². The standard InChI is InChI=1S/C13H11F3N2O4/c14-13(15,16)22-9-3-1-2-8(6-9)17-10-7-11(20)18(4-5-19)12(10)21/h1-3,6-7,17,19H,4-5H2. The fourth-order valence-electron chi connectivity index (χ4n) is 1.84. The van der Waals surface area contributed by atoms with Gasteiger partial charge < -0.3 is 15.2 Å². The fraction of sp³-hybridized carbons (Fsp3) is 0.231. The molecule has 1 heterocycles. The van der Waals surface area contributed by atoms with Gasteiger partial charge in [-0.1, -0.05) is 6.07 Å². The number of carbonyl (C=O) groups is 2. The van der Waals surface area contributed by atoms with Gasteiger partial charge in [-0.15, -0.1) is 13.2 Å². The van der Waals surface area contributed by atoms with Gasteiger partial charge in [-0.3, -0.25) is 14.5 Å². The number of amides is 2. The number of imide groups is 1. The van der Waals surface area contributed by atoms with Gasteiger partial charge in [0.15, 0.2) is 0 Å². The second-order valence-corrected chi connectivity index (χ2v) is 4.28. The Kier molecular flexibility index (Phi) is 4.36. The number of halogens is 3. The van der Waals surface area contributed by atoms with Crippen molar-refractivity contribution in [3.05, 3.63) is 36.0 Å². The summed E-state index contributed by atoms with van der Waals surface area (Å²) in [4.78, 5) is 24.2. The molecular formula is C13H11F3N2O4. The van der Waals surface area contributed by atoms with Crippen LogP contribution in [0.4, 0.5) is 18.9 Å². The molecule has 118 valence electrons. The Morgan fingerprint density at radius 1 is 1.27 bits per heavy atom. The molecule has 0 fully saturated rings. The van der Waals surface area contributed by atoms with E-state index < -0.39 is 23.9 Å². The summed E-state index contributed by atoms with van der Waals surface area (Å²) in [6.07, 6.45) is -3.82. The van der Waals surface area contributed by atoms with Crippen LogP contribution in [0.2, 0.25) is 0 Å². The molecule has 2 rings (SSSR count). The number of hydrogen-bond acceptors (Lipinski definition) is 5. The molecule has 22 heavy (non-hydrogen) atoms. The molecule has 2 N–H and O–H groups in total. The van der Waals surface area contributed by atoms with Crippen LogP contribution in [0, 0.1) is 0 Å². The van der Waals surface area contributed by atoms with E-state index in [1.807, 2.05) is 0 Å². The first-order chi connectivity index (χ1) is 10.3. The predicted octanol–water partition coefficient (Wildman–Crippen LogP) is 1.24. The molecule has 2 amide bonds. The van der Waals surface area contributed by atoms with Crippen LogP contribution >= 0.6 is 0 Å². The van der Waals surface area contributed by atoms with Gasteiger partial charge in [0.2, 0.25) is 0 Å². The second kappa shape index (κ2) is 6.06. The molecule has 9 heteroatoms. The summed E-state index contributed by atoms with van der Waals surface area (Å²) in [7, 11) is 0. The first-order valence-electron chi connectivity index (χ1n) is 6.11. The van der Waals surface area contributed by atoms with E-state index in [-0.39, 0.29) is 24.5 Å². The molecule has 0 aliphatic carbocycles. The number of alkyl halides is 3. The number of aliphatic hydroxyl groups excluding tert-OH is 1. The minimum absolute atomic E-state index is 0.0948. The first kappa shape index (κ1) is 15.8. The highest BCUT2D eigenvalue weighted by molar-refractivity contribution is 6.17. The quantitative estimate of drug-likeness (QED) is 0.799. The van der Waals surface area contributed by atoms with Crippen molar-refractivity contribution in [2.24, 2.45) is 0 Å². The van der Waals surface area contributed by atoms with E-state index in [9.17, 15) is 22.8 Å². The zero-order valence-electron chi connectivity index (χ0n) is 11.1. The topological polar surface area (TPSA) is 78.9 Å². The molecule has 0 unspecified atom stereocenters. The number of nitrogens with zero attached hydrogens (tertiary/aromatic N) is 1. The van der Waals surface area contributed by atoms with E-state index in [0.29, 0.717) is 0 Å². The summed E-state index contributed by atoms with van der Waals surface area (Å²) in [5.74, 6) is -1.73. The van der Waals surface area contributed by atoms with Gasteiger partial charge in [0, 0.05) is 17.8 Å².